The van der Waals surface area contributed by atoms with Crippen LogP contribution in [0.25, 0.3) is 0 Å². The minimum absolute atomic E-state index is 0. The Morgan fingerprint density at radius 3 is 2.38 bits per heavy atom. The second kappa shape index (κ2) is 20.7. The molecule has 0 amide bonds. The molecule has 8 heteroatoms. The summed E-state index contributed by atoms with van der Waals surface area (Å²) in [6.07, 6.45) is 5.71. The number of unbranched alkanes of at least 4 members (excludes halogenated alkanes) is 3. The van der Waals surface area contributed by atoms with E-state index < -0.39 is 0 Å². The van der Waals surface area contributed by atoms with Gasteiger partial charge in [0.15, 0.2) is 5.96 Å². The third kappa shape index (κ3) is 18.2. The second-order valence-electron chi connectivity index (χ2n) is 6.04. The van der Waals surface area contributed by atoms with Crippen molar-refractivity contribution in [3.63, 3.8) is 0 Å². The van der Waals surface area contributed by atoms with Gasteiger partial charge in [0.25, 0.3) is 0 Å². The van der Waals surface area contributed by atoms with E-state index in [0.29, 0.717) is 13.0 Å². The number of guanidine groups is 1. The summed E-state index contributed by atoms with van der Waals surface area (Å²) in [6.45, 7) is 6.87. The van der Waals surface area contributed by atoms with Gasteiger partial charge in [0.05, 0.1) is 6.61 Å². The summed E-state index contributed by atoms with van der Waals surface area (Å²) in [5.41, 5.74) is 0. The lowest BCUT2D eigenvalue weighted by Gasteiger charge is -2.18. The predicted octanol–water partition coefficient (Wildman–Crippen LogP) is 2.25. The van der Waals surface area contributed by atoms with Crippen molar-refractivity contribution in [2.45, 2.75) is 45.4 Å². The molecule has 0 aliphatic carbocycles. The first-order valence-electron chi connectivity index (χ1n) is 9.41. The van der Waals surface area contributed by atoms with Crippen molar-refractivity contribution in [2.75, 3.05) is 60.6 Å². The number of rotatable bonds is 15. The first-order valence-corrected chi connectivity index (χ1v) is 9.41. The van der Waals surface area contributed by atoms with Gasteiger partial charge in [-0.15, -0.1) is 24.0 Å². The normalized spacial score (nSPS) is 11.2. The van der Waals surface area contributed by atoms with Crippen LogP contribution in [0.3, 0.4) is 0 Å². The quantitative estimate of drug-likeness (QED) is 0.122. The molecule has 0 aromatic carbocycles. The van der Waals surface area contributed by atoms with Crippen molar-refractivity contribution in [1.82, 2.24) is 15.5 Å². The molecular formula is C18H39IN4O3. The van der Waals surface area contributed by atoms with Gasteiger partial charge in [-0.1, -0.05) is 12.8 Å². The molecule has 26 heavy (non-hydrogen) atoms. The predicted molar refractivity (Wildman–Crippen MR) is 118 cm³/mol. The number of halogens is 1. The van der Waals surface area contributed by atoms with E-state index in [2.05, 4.69) is 27.6 Å². The Morgan fingerprint density at radius 1 is 1.04 bits per heavy atom. The van der Waals surface area contributed by atoms with Gasteiger partial charge in [-0.25, -0.2) is 0 Å². The van der Waals surface area contributed by atoms with Crippen LogP contribution in [-0.4, -0.2) is 77.4 Å². The standard InChI is InChI=1S/C18H38N4O3.HI/c1-5-25-17(23)11-8-6-7-9-12-20-18(19-2)21-13-15-22(3)14-10-16-24-4;/h5-16H2,1-4H3,(H2,19,20,21);1H. The van der Waals surface area contributed by atoms with Gasteiger partial charge in [0.1, 0.15) is 0 Å². The number of carbonyl (C=O) groups is 1. The Morgan fingerprint density at radius 2 is 1.73 bits per heavy atom. The average Bonchev–Trinajstić information content (AvgIpc) is 2.59. The molecule has 0 unspecified atom stereocenters. The molecule has 0 aliphatic rings. The zero-order valence-corrected chi connectivity index (χ0v) is 19.3. The van der Waals surface area contributed by atoms with Crippen LogP contribution in [0.15, 0.2) is 4.99 Å². The number of likely N-dealkylation sites (N-methyl/N-ethyl adjacent to an activating group) is 1. The lowest BCUT2D eigenvalue weighted by atomic mass is 10.1. The minimum Gasteiger partial charge on any atom is -0.466 e. The van der Waals surface area contributed by atoms with Crippen molar-refractivity contribution < 1.29 is 14.3 Å². The number of carbonyl (C=O) groups excluding carboxylic acids is 1. The van der Waals surface area contributed by atoms with Crippen LogP contribution in [-0.2, 0) is 14.3 Å². The van der Waals surface area contributed by atoms with Crippen LogP contribution in [0.1, 0.15) is 45.4 Å². The minimum atomic E-state index is -0.0857. The highest BCUT2D eigenvalue weighted by Crippen LogP contribution is 2.03. The average molecular weight is 486 g/mol. The van der Waals surface area contributed by atoms with E-state index in [1.807, 2.05) is 6.92 Å². The van der Waals surface area contributed by atoms with Gasteiger partial charge in [0.2, 0.25) is 0 Å². The van der Waals surface area contributed by atoms with Crippen LogP contribution in [0.4, 0.5) is 0 Å². The van der Waals surface area contributed by atoms with Crippen LogP contribution >= 0.6 is 24.0 Å². The summed E-state index contributed by atoms with van der Waals surface area (Å²) >= 11 is 0. The molecular weight excluding hydrogens is 447 g/mol. The van der Waals surface area contributed by atoms with Crippen molar-refractivity contribution in [2.24, 2.45) is 4.99 Å². The molecule has 0 saturated carbocycles. The maximum absolute atomic E-state index is 11.2. The number of methoxy groups -OCH3 is 1. The van der Waals surface area contributed by atoms with Crippen LogP contribution in [0, 0.1) is 0 Å². The van der Waals surface area contributed by atoms with Crippen molar-refractivity contribution >= 4 is 35.9 Å². The highest BCUT2D eigenvalue weighted by molar-refractivity contribution is 14.0. The Bertz CT molecular complexity index is 357. The second-order valence-corrected chi connectivity index (χ2v) is 6.04. The van der Waals surface area contributed by atoms with Crippen LogP contribution in [0.2, 0.25) is 0 Å². The summed E-state index contributed by atoms with van der Waals surface area (Å²) in [5, 5.41) is 6.65. The fraction of sp³-hybridized carbons (Fsp3) is 0.889. The van der Waals surface area contributed by atoms with E-state index in [1.54, 1.807) is 14.2 Å². The molecule has 0 aliphatic heterocycles. The fourth-order valence-electron chi connectivity index (χ4n) is 2.36. The summed E-state index contributed by atoms with van der Waals surface area (Å²) in [5.74, 6) is 0.759. The van der Waals surface area contributed by atoms with Gasteiger partial charge in [-0.05, 0) is 33.2 Å². The van der Waals surface area contributed by atoms with Crippen LogP contribution in [0.5, 0.6) is 0 Å². The van der Waals surface area contributed by atoms with E-state index in [-0.39, 0.29) is 29.9 Å². The molecule has 0 heterocycles. The molecule has 0 radical (unpaired) electrons. The molecule has 0 bridgehead atoms. The molecule has 0 spiro atoms. The lowest BCUT2D eigenvalue weighted by Crippen LogP contribution is -2.41. The van der Waals surface area contributed by atoms with Gasteiger partial charge >= 0.3 is 5.97 Å². The molecule has 0 fully saturated rings. The Balaban J connectivity index is 0. The molecule has 7 nitrogen and oxygen atoms in total. The van der Waals surface area contributed by atoms with Gasteiger partial charge in [0, 0.05) is 53.4 Å². The first kappa shape index (κ1) is 27.6. The molecule has 0 rings (SSSR count). The number of nitrogens with zero attached hydrogens (tertiary/aromatic N) is 2. The third-order valence-corrected chi connectivity index (χ3v) is 3.80. The monoisotopic (exact) mass is 486 g/mol. The zero-order valence-electron chi connectivity index (χ0n) is 17.0. The molecule has 0 aromatic heterocycles. The van der Waals surface area contributed by atoms with E-state index in [0.717, 1.165) is 70.8 Å². The molecule has 0 aromatic rings. The van der Waals surface area contributed by atoms with E-state index >= 15 is 0 Å². The summed E-state index contributed by atoms with van der Waals surface area (Å²) < 4.78 is 9.97. The third-order valence-electron chi connectivity index (χ3n) is 3.80. The number of aliphatic imine (C=N–C) groups is 1. The molecule has 2 N–H and O–H groups in total. The number of ether oxygens (including phenoxy) is 2. The first-order chi connectivity index (χ1) is 12.1. The van der Waals surface area contributed by atoms with Crippen molar-refractivity contribution in [3.05, 3.63) is 0 Å². The summed E-state index contributed by atoms with van der Waals surface area (Å²) in [6, 6.07) is 0. The van der Waals surface area contributed by atoms with E-state index in [4.69, 9.17) is 9.47 Å². The van der Waals surface area contributed by atoms with Crippen molar-refractivity contribution in [1.29, 1.82) is 0 Å². The zero-order chi connectivity index (χ0) is 18.8. The summed E-state index contributed by atoms with van der Waals surface area (Å²) in [7, 11) is 5.64. The Kier molecular flexibility index (Phi) is 22.0. The lowest BCUT2D eigenvalue weighted by molar-refractivity contribution is -0.143. The van der Waals surface area contributed by atoms with E-state index in [1.165, 1.54) is 0 Å². The largest absolute Gasteiger partial charge is 0.466 e. The number of esters is 1. The van der Waals surface area contributed by atoms with E-state index in [9.17, 15) is 4.79 Å². The van der Waals surface area contributed by atoms with Crippen LogP contribution < -0.4 is 10.6 Å². The fourth-order valence-corrected chi connectivity index (χ4v) is 2.36. The maximum atomic E-state index is 11.2. The highest BCUT2D eigenvalue weighted by Gasteiger charge is 2.02. The maximum Gasteiger partial charge on any atom is 0.305 e. The SMILES string of the molecule is CCOC(=O)CCCCCCNC(=NC)NCCN(C)CCCOC.I. The van der Waals surface area contributed by atoms with Gasteiger partial charge < -0.3 is 25.0 Å². The van der Waals surface area contributed by atoms with Gasteiger partial charge in [-0.3, -0.25) is 9.79 Å². The summed E-state index contributed by atoms with van der Waals surface area (Å²) in [4.78, 5) is 17.7. The number of nitrogens with one attached hydrogen (secondary N) is 2. The smallest absolute Gasteiger partial charge is 0.305 e. The molecule has 156 valence electrons. The Hall–Kier alpha value is -0.610. The highest BCUT2D eigenvalue weighted by atomic mass is 127. The molecule has 0 atom stereocenters. The number of hydrogen-bond donors (Lipinski definition) is 2. The van der Waals surface area contributed by atoms with Crippen molar-refractivity contribution in [3.8, 4) is 0 Å². The van der Waals surface area contributed by atoms with Gasteiger partial charge in [-0.2, -0.15) is 0 Å². The number of hydrogen-bond acceptors (Lipinski definition) is 5. The Labute approximate surface area is 176 Å². The topological polar surface area (TPSA) is 75.2 Å². The molecule has 0 saturated heterocycles.